The van der Waals surface area contributed by atoms with E-state index in [4.69, 9.17) is 0 Å². The molecule has 45 heavy (non-hydrogen) atoms. The zero-order chi connectivity index (χ0) is 32.1. The molecular weight excluding hydrogens is 620 g/mol. The van der Waals surface area contributed by atoms with Gasteiger partial charge in [-0.25, -0.2) is 4.98 Å². The minimum atomic E-state index is -4.95. The summed E-state index contributed by atoms with van der Waals surface area (Å²) in [7, 11) is 0. The molecule has 5 aromatic rings. The number of hydrogen-bond donors (Lipinski definition) is 1. The summed E-state index contributed by atoms with van der Waals surface area (Å²) in [5.41, 5.74) is 0.757. The van der Waals surface area contributed by atoms with Gasteiger partial charge in [-0.3, -0.25) is 9.47 Å². The van der Waals surface area contributed by atoms with Crippen LogP contribution in [0.15, 0.2) is 89.3 Å². The minimum absolute atomic E-state index is 0.0884. The van der Waals surface area contributed by atoms with E-state index < -0.39 is 24.0 Å². The van der Waals surface area contributed by atoms with E-state index in [-0.39, 0.29) is 16.6 Å². The number of ether oxygens (including phenoxy) is 1. The second-order valence-electron chi connectivity index (χ2n) is 10.4. The number of alkyl halides is 6. The van der Waals surface area contributed by atoms with Gasteiger partial charge in [0.2, 0.25) is 0 Å². The van der Waals surface area contributed by atoms with E-state index in [0.29, 0.717) is 27.9 Å². The van der Waals surface area contributed by atoms with Crippen LogP contribution in [0.25, 0.3) is 27.5 Å². The van der Waals surface area contributed by atoms with Crippen molar-refractivity contribution in [2.24, 2.45) is 10.2 Å². The van der Waals surface area contributed by atoms with Gasteiger partial charge in [-0.1, -0.05) is 48.2 Å². The number of aromatic nitrogens is 2. The Kier molecular flexibility index (Phi) is 7.52. The van der Waals surface area contributed by atoms with Crippen molar-refractivity contribution in [3.05, 3.63) is 95.8 Å². The fourth-order valence-electron chi connectivity index (χ4n) is 5.24. The van der Waals surface area contributed by atoms with Gasteiger partial charge in [0.1, 0.15) is 12.1 Å². The van der Waals surface area contributed by atoms with Crippen molar-refractivity contribution in [3.8, 4) is 11.4 Å². The molecule has 1 fully saturated rings. The number of imidazole rings is 1. The van der Waals surface area contributed by atoms with Crippen molar-refractivity contribution < 1.29 is 36.2 Å². The van der Waals surface area contributed by atoms with Crippen LogP contribution in [0.1, 0.15) is 16.7 Å². The van der Waals surface area contributed by atoms with Gasteiger partial charge < -0.3 is 9.84 Å². The maximum Gasteiger partial charge on any atom is 0.573 e. The zero-order valence-corrected chi connectivity index (χ0v) is 24.4. The number of fused-ring (bicyclic) bond motifs is 3. The molecule has 1 unspecified atom stereocenters. The van der Waals surface area contributed by atoms with E-state index in [9.17, 15) is 31.4 Å². The van der Waals surface area contributed by atoms with Gasteiger partial charge in [-0.2, -0.15) is 18.3 Å². The summed E-state index contributed by atoms with van der Waals surface area (Å²) < 4.78 is 85.5. The smallest absolute Gasteiger partial charge is 0.406 e. The number of thioether (sulfide) groups is 1. The summed E-state index contributed by atoms with van der Waals surface area (Å²) in [6.07, 6.45) is -6.75. The van der Waals surface area contributed by atoms with Gasteiger partial charge in [-0.05, 0) is 72.3 Å². The predicted molar refractivity (Wildman–Crippen MR) is 162 cm³/mol. The number of anilines is 1. The van der Waals surface area contributed by atoms with Gasteiger partial charge >= 0.3 is 12.5 Å². The van der Waals surface area contributed by atoms with Crippen molar-refractivity contribution in [1.29, 1.82) is 0 Å². The molecule has 0 aliphatic carbocycles. The highest BCUT2D eigenvalue weighted by Crippen LogP contribution is 2.47. The highest BCUT2D eigenvalue weighted by molar-refractivity contribution is 8.14. The molecule has 2 heterocycles. The van der Waals surface area contributed by atoms with Crippen molar-refractivity contribution in [2.45, 2.75) is 32.1 Å². The van der Waals surface area contributed by atoms with E-state index in [2.05, 4.69) is 19.9 Å². The Bertz CT molecular complexity index is 1950. The summed E-state index contributed by atoms with van der Waals surface area (Å²) in [5.74, 6) is -0.996. The number of halogens is 6. The molecule has 1 aromatic heterocycles. The first-order valence-corrected chi connectivity index (χ1v) is 14.4. The number of benzene rings is 4. The molecule has 1 aliphatic heterocycles. The average Bonchev–Trinajstić information content (AvgIpc) is 3.55. The van der Waals surface area contributed by atoms with Crippen LogP contribution in [-0.4, -0.2) is 50.1 Å². The molecule has 14 heteroatoms. The molecule has 0 bridgehead atoms. The van der Waals surface area contributed by atoms with Crippen LogP contribution >= 0.6 is 11.8 Å². The van der Waals surface area contributed by atoms with Crippen LogP contribution in [0.2, 0.25) is 0 Å². The maximum atomic E-state index is 14.1. The van der Waals surface area contributed by atoms with Gasteiger partial charge in [0.25, 0.3) is 5.72 Å². The number of hydrogen-bond acceptors (Lipinski definition) is 6. The minimum Gasteiger partial charge on any atom is -0.406 e. The van der Waals surface area contributed by atoms with Crippen LogP contribution in [0.3, 0.4) is 0 Å². The topological polar surface area (TPSA) is 75.2 Å². The lowest BCUT2D eigenvalue weighted by molar-refractivity contribution is -0.274. The molecular formula is C31H23F6N5O2S. The van der Waals surface area contributed by atoms with Gasteiger partial charge in [0, 0.05) is 11.1 Å². The summed E-state index contributed by atoms with van der Waals surface area (Å²) >= 11 is 0.764. The van der Waals surface area contributed by atoms with Gasteiger partial charge in [0.15, 0.2) is 5.17 Å². The molecule has 0 radical (unpaired) electrons. The van der Waals surface area contributed by atoms with Crippen LogP contribution < -0.4 is 9.64 Å². The molecule has 0 spiro atoms. The second-order valence-corrected chi connectivity index (χ2v) is 11.3. The Morgan fingerprint density at radius 2 is 1.67 bits per heavy atom. The Hall–Kier alpha value is -4.56. The average molecular weight is 644 g/mol. The molecule has 1 atom stereocenters. The van der Waals surface area contributed by atoms with E-state index in [1.807, 2.05) is 24.3 Å². The van der Waals surface area contributed by atoms with E-state index in [1.54, 1.807) is 49.0 Å². The quantitative estimate of drug-likeness (QED) is 0.120. The number of para-hydroxylation sites is 1. The molecule has 1 N–H and O–H groups in total. The molecule has 0 amide bonds. The largest absolute Gasteiger partial charge is 0.573 e. The Labute approximate surface area is 256 Å². The predicted octanol–water partition coefficient (Wildman–Crippen LogP) is 7.89. The SMILES string of the molecule is Cc1cccc(C)c1N1/C(=N/N=C/c2ccc3c(ccc4c3ncn4-c3ccc(OC(F)(F)F)cc3)c2)SCC1(O)C(F)(F)F. The lowest BCUT2D eigenvalue weighted by Crippen LogP contribution is -2.58. The summed E-state index contributed by atoms with van der Waals surface area (Å²) in [6.45, 7) is 3.34. The fraction of sp³-hybridized carbons (Fsp3) is 0.194. The lowest BCUT2D eigenvalue weighted by atomic mass is 10.1. The molecule has 1 aliphatic rings. The van der Waals surface area contributed by atoms with E-state index in [1.165, 1.54) is 30.5 Å². The fourth-order valence-corrected chi connectivity index (χ4v) is 6.34. The van der Waals surface area contributed by atoms with Gasteiger partial charge in [0.05, 0.1) is 28.7 Å². The van der Waals surface area contributed by atoms with Crippen LogP contribution in [0.4, 0.5) is 32.0 Å². The number of rotatable bonds is 5. The summed E-state index contributed by atoms with van der Waals surface area (Å²) in [4.78, 5) is 5.32. The van der Waals surface area contributed by atoms with Crippen molar-refractivity contribution in [1.82, 2.24) is 9.55 Å². The second kappa shape index (κ2) is 11.1. The molecule has 7 nitrogen and oxygen atoms in total. The van der Waals surface area contributed by atoms with Crippen LogP contribution in [0, 0.1) is 13.8 Å². The Balaban J connectivity index is 1.29. The highest BCUT2D eigenvalue weighted by Gasteiger charge is 2.63. The standard InChI is InChI=1S/C31H23F6N5O2S/c1-18-4-3-5-19(2)27(18)42-28(45-16-29(42,43)30(32,33)34)40-39-15-20-6-12-24-21(14-20)7-13-25-26(24)38-17-41(25)22-8-10-23(11-9-22)44-31(35,36)37/h3-15,17,43H,16H2,1-2H3/b39-15+,40-28-. The molecule has 6 rings (SSSR count). The number of aryl methyl sites for hydroxylation is 2. The number of nitrogens with zero attached hydrogens (tertiary/aromatic N) is 5. The third-order valence-electron chi connectivity index (χ3n) is 7.34. The lowest BCUT2D eigenvalue weighted by Gasteiger charge is -2.36. The number of amidine groups is 1. The normalized spacial score (nSPS) is 18.6. The Morgan fingerprint density at radius 3 is 2.33 bits per heavy atom. The summed E-state index contributed by atoms with van der Waals surface area (Å²) in [5, 5.41) is 20.5. The molecule has 232 valence electrons. The van der Waals surface area contributed by atoms with Crippen LogP contribution in [0.5, 0.6) is 5.75 Å². The summed E-state index contributed by atoms with van der Waals surface area (Å²) in [6, 6.07) is 19.6. The molecule has 1 saturated heterocycles. The van der Waals surface area contributed by atoms with E-state index >= 15 is 0 Å². The first-order chi connectivity index (χ1) is 21.2. The highest BCUT2D eigenvalue weighted by atomic mass is 32.2. The molecule has 4 aromatic carbocycles. The maximum absolute atomic E-state index is 14.1. The van der Waals surface area contributed by atoms with Crippen LogP contribution in [-0.2, 0) is 0 Å². The van der Waals surface area contributed by atoms with Crippen molar-refractivity contribution in [2.75, 3.05) is 10.7 Å². The molecule has 0 saturated carbocycles. The Morgan fingerprint density at radius 1 is 0.956 bits per heavy atom. The first-order valence-electron chi connectivity index (χ1n) is 13.4. The van der Waals surface area contributed by atoms with Crippen molar-refractivity contribution >= 4 is 50.6 Å². The monoisotopic (exact) mass is 643 g/mol. The third kappa shape index (κ3) is 5.71. The first kappa shape index (κ1) is 30.5. The van der Waals surface area contributed by atoms with Crippen molar-refractivity contribution in [3.63, 3.8) is 0 Å². The van der Waals surface area contributed by atoms with E-state index in [0.717, 1.165) is 33.0 Å². The van der Waals surface area contributed by atoms with Gasteiger partial charge in [-0.15, -0.1) is 18.3 Å². The number of aliphatic hydroxyl groups is 1. The third-order valence-corrected chi connectivity index (χ3v) is 8.40. The zero-order valence-electron chi connectivity index (χ0n) is 23.6.